The smallest absolute Gasteiger partial charge is 0.322 e. The van der Waals surface area contributed by atoms with Gasteiger partial charge in [-0.3, -0.25) is 24.2 Å². The minimum absolute atomic E-state index is 0.0406. The molecule has 1 aromatic heterocycles. The van der Waals surface area contributed by atoms with Crippen molar-refractivity contribution in [3.8, 4) is 5.75 Å². The first-order valence-electron chi connectivity index (χ1n) is 22.4. The molecule has 2 bridgehead atoms. The molecule has 9 atom stereocenters. The van der Waals surface area contributed by atoms with Crippen LogP contribution in [-0.4, -0.2) is 115 Å². The lowest BCUT2D eigenvalue weighted by Crippen LogP contribution is -2.80. The van der Waals surface area contributed by atoms with Crippen LogP contribution < -0.4 is 9.64 Å². The molecule has 12 nitrogen and oxygen atoms in total. The Hall–Kier alpha value is -4.65. The predicted molar refractivity (Wildman–Crippen MR) is 233 cm³/mol. The fourth-order valence-corrected chi connectivity index (χ4v) is 13.3. The van der Waals surface area contributed by atoms with Crippen LogP contribution in [0.5, 0.6) is 5.75 Å². The molecule has 6 aliphatic rings. The molecule has 1 saturated carbocycles. The molecular formula is C49H62N4O8. The summed E-state index contributed by atoms with van der Waals surface area (Å²) in [5, 5.41) is 14.7. The van der Waals surface area contributed by atoms with Gasteiger partial charge in [0.15, 0.2) is 5.60 Å². The topological polar surface area (TPSA) is 134 Å². The third-order valence-corrected chi connectivity index (χ3v) is 15.4. The highest BCUT2D eigenvalue weighted by atomic mass is 16.6. The number of hydrogen-bond acceptors (Lipinski definition) is 11. The molecule has 12 heteroatoms. The summed E-state index contributed by atoms with van der Waals surface area (Å²) in [5.74, 6) is -0.762. The van der Waals surface area contributed by atoms with Gasteiger partial charge >= 0.3 is 17.9 Å². The second-order valence-electron chi connectivity index (χ2n) is 18.6. The largest absolute Gasteiger partial charge is 0.493 e. The van der Waals surface area contributed by atoms with Crippen LogP contribution in [0, 0.1) is 11.3 Å². The van der Waals surface area contributed by atoms with Crippen LogP contribution in [0.1, 0.15) is 95.5 Å². The number of hydrogen-bond donors (Lipinski definition) is 2. The number of methoxy groups -OCH3 is 1. The minimum Gasteiger partial charge on any atom is -0.493 e. The number of H-pyrrole nitrogens is 1. The molecule has 1 unspecified atom stereocenters. The maximum absolute atomic E-state index is 15.4. The van der Waals surface area contributed by atoms with Crippen molar-refractivity contribution in [3.05, 3.63) is 82.6 Å². The van der Waals surface area contributed by atoms with Gasteiger partial charge in [-0.05, 0) is 67.8 Å². The maximum atomic E-state index is 15.4. The highest BCUT2D eigenvalue weighted by Gasteiger charge is 2.78. The molecule has 2 aromatic carbocycles. The fraction of sp³-hybridized carbons (Fsp3) is 0.571. The van der Waals surface area contributed by atoms with Gasteiger partial charge in [-0.15, -0.1) is 0 Å². The predicted octanol–water partition coefficient (Wildman–Crippen LogP) is 6.31. The molecular weight excluding hydrogens is 773 g/mol. The van der Waals surface area contributed by atoms with E-state index in [2.05, 4.69) is 89.0 Å². The molecule has 0 amide bonds. The number of fused-ring (bicyclic) bond motifs is 6. The van der Waals surface area contributed by atoms with Crippen molar-refractivity contribution in [2.45, 2.75) is 114 Å². The normalized spacial score (nSPS) is 33.4. The summed E-state index contributed by atoms with van der Waals surface area (Å²) in [6.07, 6.45) is 9.98. The van der Waals surface area contributed by atoms with Crippen LogP contribution in [0.4, 0.5) is 5.69 Å². The molecule has 3 aromatic rings. The number of nitrogens with one attached hydrogen (secondary N) is 1. The number of ether oxygens (including phenoxy) is 4. The molecule has 2 fully saturated rings. The highest BCUT2D eigenvalue weighted by molar-refractivity contribution is 5.94. The molecule has 9 rings (SSSR count). The summed E-state index contributed by atoms with van der Waals surface area (Å²) >= 11 is 0. The van der Waals surface area contributed by atoms with Gasteiger partial charge in [0, 0.05) is 97.9 Å². The van der Waals surface area contributed by atoms with Crippen LogP contribution in [0.15, 0.2) is 60.2 Å². The van der Waals surface area contributed by atoms with Crippen LogP contribution in [0.2, 0.25) is 0 Å². The van der Waals surface area contributed by atoms with Crippen molar-refractivity contribution in [2.24, 2.45) is 11.3 Å². The number of aromatic nitrogens is 1. The number of aromatic amines is 1. The summed E-state index contributed by atoms with van der Waals surface area (Å²) in [6.45, 7) is 13.0. The highest BCUT2D eigenvalue weighted by Crippen LogP contribution is 2.68. The molecule has 6 heterocycles. The van der Waals surface area contributed by atoms with Gasteiger partial charge in [-0.1, -0.05) is 69.2 Å². The lowest BCUT2D eigenvalue weighted by molar-refractivity contribution is -0.232. The lowest BCUT2D eigenvalue weighted by Gasteiger charge is -2.64. The number of para-hydroxylation sites is 1. The number of esters is 3. The van der Waals surface area contributed by atoms with E-state index < -0.39 is 45.9 Å². The lowest BCUT2D eigenvalue weighted by atomic mass is 9.47. The van der Waals surface area contributed by atoms with E-state index in [0.29, 0.717) is 44.7 Å². The molecule has 1 saturated heterocycles. The molecule has 326 valence electrons. The van der Waals surface area contributed by atoms with E-state index in [1.165, 1.54) is 26.5 Å². The van der Waals surface area contributed by atoms with E-state index in [4.69, 9.17) is 18.9 Å². The van der Waals surface area contributed by atoms with Crippen molar-refractivity contribution in [1.82, 2.24) is 14.8 Å². The van der Waals surface area contributed by atoms with E-state index in [0.717, 1.165) is 77.9 Å². The summed E-state index contributed by atoms with van der Waals surface area (Å²) in [5.41, 5.74) is 2.08. The van der Waals surface area contributed by atoms with Crippen LogP contribution >= 0.6 is 0 Å². The van der Waals surface area contributed by atoms with Crippen molar-refractivity contribution < 1.29 is 38.4 Å². The second kappa shape index (κ2) is 15.3. The quantitative estimate of drug-likeness (QED) is 0.0975. The first kappa shape index (κ1) is 41.7. The second-order valence-corrected chi connectivity index (χ2v) is 18.6. The fourth-order valence-electron chi connectivity index (χ4n) is 13.3. The number of aliphatic hydroxyl groups is 1. The zero-order valence-corrected chi connectivity index (χ0v) is 36.8. The van der Waals surface area contributed by atoms with Crippen molar-refractivity contribution in [3.63, 3.8) is 0 Å². The monoisotopic (exact) mass is 834 g/mol. The van der Waals surface area contributed by atoms with Crippen LogP contribution in [0.3, 0.4) is 0 Å². The zero-order chi connectivity index (χ0) is 43.1. The number of carbonyl (C=O) groups excluding carboxylic acids is 3. The first-order chi connectivity index (χ1) is 29.3. The van der Waals surface area contributed by atoms with Crippen LogP contribution in [0.25, 0.3) is 10.9 Å². The Labute approximate surface area is 359 Å². The zero-order valence-electron chi connectivity index (χ0n) is 36.8. The van der Waals surface area contributed by atoms with Gasteiger partial charge in [0.2, 0.25) is 0 Å². The third-order valence-electron chi connectivity index (χ3n) is 15.4. The number of rotatable bonds is 11. The van der Waals surface area contributed by atoms with Gasteiger partial charge < -0.3 is 33.9 Å². The Bertz CT molecular complexity index is 2320. The number of likely N-dealkylation sites (N-methyl/N-ethyl adjacent to an activating group) is 1. The number of unbranched alkanes of at least 4 members (excludes halogenated alkanes) is 1. The molecule has 61 heavy (non-hydrogen) atoms. The summed E-state index contributed by atoms with van der Waals surface area (Å²) in [4.78, 5) is 52.1. The van der Waals surface area contributed by atoms with Crippen molar-refractivity contribution in [2.75, 3.05) is 58.5 Å². The maximum Gasteiger partial charge on any atom is 0.322 e. The minimum atomic E-state index is -1.84. The number of benzene rings is 2. The Balaban J connectivity index is 1.37. The number of nitrogens with zero attached hydrogens (tertiary/aromatic N) is 3. The Kier molecular flexibility index (Phi) is 10.5. The first-order valence-corrected chi connectivity index (χ1v) is 22.4. The summed E-state index contributed by atoms with van der Waals surface area (Å²) in [6, 6.07) is 11.7. The van der Waals surface area contributed by atoms with E-state index in [-0.39, 0.29) is 24.5 Å². The van der Waals surface area contributed by atoms with Gasteiger partial charge in [0.25, 0.3) is 0 Å². The van der Waals surface area contributed by atoms with Gasteiger partial charge in [-0.25, -0.2) is 0 Å². The van der Waals surface area contributed by atoms with Crippen molar-refractivity contribution in [1.29, 1.82) is 0 Å². The standard InChI is InChI=1S/C49H62N4O8/c1-8-11-21-59-40-24-39-36(47-18-20-53-19-14-17-46(10-3,42(47)53)44(61-31(5)55)49(57,29-60-30(4)54)43(47)51(39)6)23-37(40)48(45(56)58-7)25-33-22-32(9-2)26-52(27-33)28-35-34-15-12-13-16-38(34)50-41(35)48/h12-17,22-24,33,42-44,50,57H,8-11,18-21,25-29H2,1-7H3/t33-,42-,43+,44+,46+,47+,48-,49-/m0/s1. The molecule has 0 radical (unpaired) electrons. The van der Waals surface area contributed by atoms with E-state index in [9.17, 15) is 14.7 Å². The Morgan fingerprint density at radius 2 is 1.82 bits per heavy atom. The van der Waals surface area contributed by atoms with Crippen molar-refractivity contribution >= 4 is 34.5 Å². The molecule has 1 spiro atoms. The number of anilines is 1. The van der Waals surface area contributed by atoms with E-state index in [1.807, 2.05) is 13.1 Å². The third kappa shape index (κ3) is 5.98. The summed E-state index contributed by atoms with van der Waals surface area (Å²) in [7, 11) is 3.47. The Morgan fingerprint density at radius 1 is 1.02 bits per heavy atom. The van der Waals surface area contributed by atoms with Gasteiger partial charge in [0.1, 0.15) is 23.9 Å². The molecule has 5 aliphatic heterocycles. The Morgan fingerprint density at radius 3 is 2.54 bits per heavy atom. The van der Waals surface area contributed by atoms with E-state index >= 15 is 4.79 Å². The van der Waals surface area contributed by atoms with Crippen LogP contribution in [-0.2, 0) is 46.0 Å². The molecule has 1 aliphatic carbocycles. The van der Waals surface area contributed by atoms with E-state index in [1.54, 1.807) is 0 Å². The van der Waals surface area contributed by atoms with Gasteiger partial charge in [-0.2, -0.15) is 0 Å². The average molecular weight is 835 g/mol. The average Bonchev–Trinajstić information content (AvgIpc) is 3.90. The number of carbonyl (C=O) groups is 3. The summed E-state index contributed by atoms with van der Waals surface area (Å²) < 4.78 is 25.1. The van der Waals surface area contributed by atoms with Gasteiger partial charge in [0.05, 0.1) is 19.8 Å². The molecule has 2 N–H and O–H groups in total. The SMILES string of the molecule is CCCCOc1cc2c(cc1[C@@]1(C(=O)OC)C[C@@H]3C=C(CC)CN(Cc4c1[nH]c1ccccc41)C3)[C@@]13CCN4CC=C[C@@](CC)([C@@H](OC(C)=O)[C@](O)(COC(C)=O)[C@@H]1N2C)[C@H]43.